The second kappa shape index (κ2) is 14.7. The third-order valence-corrected chi connectivity index (χ3v) is 8.99. The normalized spacial score (nSPS) is 17.7. The van der Waals surface area contributed by atoms with Crippen LogP contribution in [0.15, 0.2) is 103 Å². The molecule has 6 heteroatoms. The van der Waals surface area contributed by atoms with Gasteiger partial charge in [-0.05, 0) is 65.9 Å². The Balaban J connectivity index is 0.942. The second-order valence-electron chi connectivity index (χ2n) is 12.1. The van der Waals surface area contributed by atoms with Crippen LogP contribution in [-0.4, -0.2) is 84.2 Å². The molecule has 0 saturated carbocycles. The number of ether oxygens (including phenoxy) is 1. The molecule has 44 heavy (non-hydrogen) atoms. The third-order valence-electron chi connectivity index (χ3n) is 8.99. The first kappa shape index (κ1) is 30.1. The molecule has 0 aromatic heterocycles. The third kappa shape index (κ3) is 7.94. The molecule has 1 atom stereocenters. The van der Waals surface area contributed by atoms with Crippen LogP contribution in [0.5, 0.6) is 5.75 Å². The Labute approximate surface area is 261 Å². The van der Waals surface area contributed by atoms with Crippen LogP contribution >= 0.6 is 0 Å². The van der Waals surface area contributed by atoms with Crippen LogP contribution in [0.3, 0.4) is 0 Å². The Morgan fingerprint density at radius 1 is 0.795 bits per heavy atom. The van der Waals surface area contributed by atoms with Gasteiger partial charge < -0.3 is 19.6 Å². The monoisotopic (exact) mass is 589 g/mol. The van der Waals surface area contributed by atoms with Crippen LogP contribution in [-0.2, 0) is 11.3 Å². The van der Waals surface area contributed by atoms with Crippen LogP contribution in [0, 0.1) is 0 Å². The Bertz CT molecular complexity index is 1540. The Hall–Kier alpha value is -3.97. The van der Waals surface area contributed by atoms with Crippen molar-refractivity contribution in [1.82, 2.24) is 14.7 Å². The molecule has 0 aliphatic carbocycles. The minimum atomic E-state index is -0.585. The maximum Gasteiger partial charge on any atom is 0.246 e. The number of carbonyl (C=O) groups excluding carboxylic acids is 1. The summed E-state index contributed by atoms with van der Waals surface area (Å²) in [7, 11) is 0. The number of benzene rings is 4. The van der Waals surface area contributed by atoms with Crippen molar-refractivity contribution in [3.05, 3.63) is 120 Å². The largest absolute Gasteiger partial charge is 0.490 e. The number of fused-ring (bicyclic) bond motifs is 1. The number of hydrogen-bond acceptors (Lipinski definition) is 5. The van der Waals surface area contributed by atoms with Gasteiger partial charge in [-0.25, -0.2) is 0 Å². The summed E-state index contributed by atoms with van der Waals surface area (Å²) in [6, 6.07) is 33.6. The molecule has 4 aromatic carbocycles. The van der Waals surface area contributed by atoms with Crippen LogP contribution < -0.4 is 4.74 Å². The lowest BCUT2D eigenvalue weighted by atomic mass is 9.88. The van der Waals surface area contributed by atoms with Gasteiger partial charge in [-0.2, -0.15) is 0 Å². The molecule has 228 valence electrons. The Morgan fingerprint density at radius 2 is 1.50 bits per heavy atom. The van der Waals surface area contributed by atoms with E-state index >= 15 is 0 Å². The van der Waals surface area contributed by atoms with Gasteiger partial charge in [0.1, 0.15) is 18.5 Å². The summed E-state index contributed by atoms with van der Waals surface area (Å²) >= 11 is 0. The molecule has 4 aromatic rings. The number of carbonyl (C=O) groups is 1. The van der Waals surface area contributed by atoms with Gasteiger partial charge in [0.15, 0.2) is 0 Å². The average molecular weight is 590 g/mol. The summed E-state index contributed by atoms with van der Waals surface area (Å²) in [6.45, 7) is 6.84. The van der Waals surface area contributed by atoms with Crippen molar-refractivity contribution >= 4 is 22.8 Å². The van der Waals surface area contributed by atoms with Crippen molar-refractivity contribution in [2.75, 3.05) is 52.4 Å². The fourth-order valence-corrected chi connectivity index (χ4v) is 6.43. The van der Waals surface area contributed by atoms with Gasteiger partial charge in [0.05, 0.1) is 0 Å². The van der Waals surface area contributed by atoms with Crippen molar-refractivity contribution in [2.45, 2.75) is 31.4 Å². The molecule has 0 radical (unpaired) electrons. The minimum Gasteiger partial charge on any atom is -0.490 e. The molecule has 2 fully saturated rings. The summed E-state index contributed by atoms with van der Waals surface area (Å²) in [5.41, 5.74) is 3.56. The molecule has 2 heterocycles. The highest BCUT2D eigenvalue weighted by Crippen LogP contribution is 2.30. The van der Waals surface area contributed by atoms with E-state index in [-0.39, 0.29) is 12.5 Å². The number of aliphatic hydroxyl groups excluding tert-OH is 1. The van der Waals surface area contributed by atoms with E-state index < -0.39 is 6.10 Å². The lowest BCUT2D eigenvalue weighted by Gasteiger charge is -2.34. The van der Waals surface area contributed by atoms with Crippen molar-refractivity contribution in [2.24, 2.45) is 0 Å². The zero-order valence-corrected chi connectivity index (χ0v) is 25.4. The van der Waals surface area contributed by atoms with E-state index in [9.17, 15) is 9.90 Å². The molecule has 1 amide bonds. The fourth-order valence-electron chi connectivity index (χ4n) is 6.43. The highest BCUT2D eigenvalue weighted by Gasteiger charge is 2.23. The number of nitrogens with zero attached hydrogens (tertiary/aromatic N) is 3. The number of aliphatic hydroxyl groups is 1. The van der Waals surface area contributed by atoms with Gasteiger partial charge in [-0.1, -0.05) is 91.0 Å². The fraction of sp³-hybridized carbons (Fsp3) is 0.342. The predicted molar refractivity (Wildman–Crippen MR) is 178 cm³/mol. The van der Waals surface area contributed by atoms with Crippen molar-refractivity contribution < 1.29 is 14.6 Å². The molecule has 6 rings (SSSR count). The van der Waals surface area contributed by atoms with Crippen LogP contribution in [0.4, 0.5) is 0 Å². The first-order valence-corrected chi connectivity index (χ1v) is 15.9. The molecule has 2 aliphatic rings. The smallest absolute Gasteiger partial charge is 0.246 e. The molecule has 1 N–H and O–H groups in total. The number of rotatable bonds is 10. The standard InChI is InChI=1S/C38H43N3O3/c42-36(28-39-20-18-32(19-21-39)35-15-14-31-10-4-5-12-34(31)26-35)29-44-37-13-7-6-11-33(37)16-17-38(43)41-24-22-40(23-25-41)27-30-8-2-1-3-9-30/h1-17,26,32,36,42H,18-25,27-29H2/t36-/m0/s1. The van der Waals surface area contributed by atoms with Crippen LogP contribution in [0.1, 0.15) is 35.4 Å². The van der Waals surface area contributed by atoms with E-state index in [1.54, 1.807) is 6.08 Å². The van der Waals surface area contributed by atoms with Crippen LogP contribution in [0.2, 0.25) is 0 Å². The highest BCUT2D eigenvalue weighted by atomic mass is 16.5. The lowest BCUT2D eigenvalue weighted by Crippen LogP contribution is -2.47. The number of β-amino-alcohol motifs (C(OH)–C–C–N with tert-alkyl or cyclic N) is 1. The summed E-state index contributed by atoms with van der Waals surface area (Å²) in [6.07, 6.45) is 5.08. The number of piperidine rings is 1. The average Bonchev–Trinajstić information content (AvgIpc) is 3.07. The second-order valence-corrected chi connectivity index (χ2v) is 12.1. The number of piperazine rings is 1. The molecular formula is C38H43N3O3. The molecule has 6 nitrogen and oxygen atoms in total. The zero-order chi connectivity index (χ0) is 30.1. The highest BCUT2D eigenvalue weighted by molar-refractivity contribution is 5.92. The van der Waals surface area contributed by atoms with Gasteiger partial charge in [0, 0.05) is 50.9 Å². The Morgan fingerprint density at radius 3 is 2.30 bits per heavy atom. The van der Waals surface area contributed by atoms with Gasteiger partial charge in [-0.15, -0.1) is 0 Å². The number of hydrogen-bond donors (Lipinski definition) is 1. The first-order valence-electron chi connectivity index (χ1n) is 15.9. The number of para-hydroxylation sites is 1. The zero-order valence-electron chi connectivity index (χ0n) is 25.4. The minimum absolute atomic E-state index is 0.0197. The summed E-state index contributed by atoms with van der Waals surface area (Å²) in [5.74, 6) is 1.26. The Kier molecular flexibility index (Phi) is 10.0. The van der Waals surface area contributed by atoms with E-state index in [4.69, 9.17) is 4.74 Å². The van der Waals surface area contributed by atoms with Gasteiger partial charge in [0.2, 0.25) is 5.91 Å². The van der Waals surface area contributed by atoms with Gasteiger partial charge >= 0.3 is 0 Å². The van der Waals surface area contributed by atoms with E-state index in [0.717, 1.165) is 64.2 Å². The molecule has 0 bridgehead atoms. The van der Waals surface area contributed by atoms with Crippen molar-refractivity contribution in [3.8, 4) is 5.75 Å². The molecule has 0 spiro atoms. The van der Waals surface area contributed by atoms with Crippen molar-refractivity contribution in [3.63, 3.8) is 0 Å². The van der Waals surface area contributed by atoms with Gasteiger partial charge in [0.25, 0.3) is 0 Å². The van der Waals surface area contributed by atoms with E-state index in [1.807, 2.05) is 41.3 Å². The summed E-state index contributed by atoms with van der Waals surface area (Å²) < 4.78 is 6.06. The van der Waals surface area contributed by atoms with Crippen molar-refractivity contribution in [1.29, 1.82) is 0 Å². The summed E-state index contributed by atoms with van der Waals surface area (Å²) in [4.78, 5) is 19.6. The summed E-state index contributed by atoms with van der Waals surface area (Å²) in [5, 5.41) is 13.4. The number of amides is 1. The molecule has 0 unspecified atom stereocenters. The SMILES string of the molecule is O=C(C=Cc1ccccc1OC[C@@H](O)CN1CCC(c2ccc3ccccc3c2)CC1)N1CCN(Cc2ccccc2)CC1. The maximum atomic E-state index is 12.9. The van der Waals surface area contributed by atoms with E-state index in [1.165, 1.54) is 21.9 Å². The topological polar surface area (TPSA) is 56.3 Å². The van der Waals surface area contributed by atoms with Gasteiger partial charge in [-0.3, -0.25) is 9.69 Å². The van der Waals surface area contributed by atoms with Crippen LogP contribution in [0.25, 0.3) is 16.8 Å². The molecule has 2 aliphatic heterocycles. The quantitative estimate of drug-likeness (QED) is 0.237. The lowest BCUT2D eigenvalue weighted by molar-refractivity contribution is -0.127. The molecular weight excluding hydrogens is 546 g/mol. The number of likely N-dealkylation sites (tertiary alicyclic amines) is 1. The maximum absolute atomic E-state index is 12.9. The predicted octanol–water partition coefficient (Wildman–Crippen LogP) is 5.82. The van der Waals surface area contributed by atoms with E-state index in [0.29, 0.717) is 18.2 Å². The van der Waals surface area contributed by atoms with E-state index in [2.05, 4.69) is 76.5 Å². The first-order chi connectivity index (χ1) is 21.6. The molecule has 2 saturated heterocycles.